The average molecular weight is 443 g/mol. The maximum atomic E-state index is 13.1. The molecule has 0 spiro atoms. The molecule has 0 aromatic heterocycles. The van der Waals surface area contributed by atoms with E-state index in [9.17, 15) is 13.2 Å². The number of carbonyl (C=O) groups is 1. The van der Waals surface area contributed by atoms with E-state index >= 15 is 0 Å². The number of hydrogen-bond donors (Lipinski definition) is 0. The first-order valence-electron chi connectivity index (χ1n) is 9.34. The summed E-state index contributed by atoms with van der Waals surface area (Å²) in [6, 6.07) is 20.6. The van der Waals surface area contributed by atoms with Crippen molar-refractivity contribution in [3.05, 3.63) is 94.5 Å². The number of carbonyl (C=O) groups excluding carboxylic acids is 1. The number of amides is 1. The lowest BCUT2D eigenvalue weighted by molar-refractivity contribution is 0.0785. The third kappa shape index (κ3) is 4.83. The number of hydrogen-bond acceptors (Lipinski definition) is 3. The summed E-state index contributed by atoms with van der Waals surface area (Å²) in [6.07, 6.45) is 0. The van der Waals surface area contributed by atoms with E-state index in [2.05, 4.69) is 0 Å². The molecule has 3 rings (SSSR count). The Labute approximate surface area is 182 Å². The van der Waals surface area contributed by atoms with Crippen LogP contribution in [-0.4, -0.2) is 33.3 Å². The zero-order chi connectivity index (χ0) is 21.9. The van der Waals surface area contributed by atoms with E-state index in [1.165, 1.54) is 23.5 Å². The summed E-state index contributed by atoms with van der Waals surface area (Å²) in [6.45, 7) is 2.32. The van der Waals surface area contributed by atoms with Gasteiger partial charge in [0.25, 0.3) is 15.9 Å². The van der Waals surface area contributed by atoms with Crippen molar-refractivity contribution in [2.75, 3.05) is 18.4 Å². The second-order valence-corrected chi connectivity index (χ2v) is 9.53. The monoisotopic (exact) mass is 442 g/mol. The van der Waals surface area contributed by atoms with Crippen LogP contribution in [0, 0.1) is 6.92 Å². The molecule has 30 heavy (non-hydrogen) atoms. The maximum Gasteiger partial charge on any atom is 0.264 e. The molecule has 1 amide bonds. The van der Waals surface area contributed by atoms with Gasteiger partial charge in [-0.05, 0) is 55.0 Å². The highest BCUT2D eigenvalue weighted by atomic mass is 35.5. The number of anilines is 1. The Kier molecular flexibility index (Phi) is 6.48. The highest BCUT2D eigenvalue weighted by molar-refractivity contribution is 7.92. The summed E-state index contributed by atoms with van der Waals surface area (Å²) in [5.41, 5.74) is 2.83. The number of sulfonamides is 1. The number of aryl methyl sites for hydroxylation is 1. The molecule has 7 heteroatoms. The zero-order valence-electron chi connectivity index (χ0n) is 17.0. The minimum Gasteiger partial charge on any atom is -0.337 e. The van der Waals surface area contributed by atoms with E-state index in [0.29, 0.717) is 22.8 Å². The molecule has 156 valence electrons. The fourth-order valence-corrected chi connectivity index (χ4v) is 4.36. The van der Waals surface area contributed by atoms with Crippen molar-refractivity contribution in [1.82, 2.24) is 4.90 Å². The summed E-state index contributed by atoms with van der Waals surface area (Å²) in [7, 11) is -0.624. The highest BCUT2D eigenvalue weighted by Crippen LogP contribution is 2.23. The molecule has 3 aromatic rings. The molecule has 0 N–H and O–H groups in total. The lowest BCUT2D eigenvalue weighted by Gasteiger charge is -2.21. The van der Waals surface area contributed by atoms with Gasteiger partial charge in [0.2, 0.25) is 0 Å². The molecule has 0 fully saturated rings. The molecule has 0 saturated heterocycles. The van der Waals surface area contributed by atoms with Gasteiger partial charge < -0.3 is 4.90 Å². The molecule has 0 saturated carbocycles. The fraction of sp³-hybridized carbons (Fsp3) is 0.174. The normalized spacial score (nSPS) is 11.2. The molecule has 0 radical (unpaired) electrons. The average Bonchev–Trinajstić information content (AvgIpc) is 2.75. The van der Waals surface area contributed by atoms with E-state index in [4.69, 9.17) is 11.6 Å². The van der Waals surface area contributed by atoms with E-state index < -0.39 is 10.0 Å². The quantitative estimate of drug-likeness (QED) is 0.553. The SMILES string of the molecule is Cc1ccc(N(C)S(=O)(=O)c2cccc(C(=O)N(C)Cc3ccc(Cl)cc3)c2)cc1. The first kappa shape index (κ1) is 21.9. The number of rotatable bonds is 6. The van der Waals surface area contributed by atoms with Gasteiger partial charge in [-0.1, -0.05) is 47.5 Å². The van der Waals surface area contributed by atoms with E-state index in [-0.39, 0.29) is 10.8 Å². The summed E-state index contributed by atoms with van der Waals surface area (Å²) in [4.78, 5) is 14.5. The molecular formula is C23H23ClN2O3S. The van der Waals surface area contributed by atoms with Gasteiger partial charge in [0, 0.05) is 31.2 Å². The lowest BCUT2D eigenvalue weighted by Crippen LogP contribution is -2.28. The van der Waals surface area contributed by atoms with Crippen LogP contribution in [0.4, 0.5) is 5.69 Å². The molecule has 0 unspecified atom stereocenters. The number of halogens is 1. The molecule has 0 atom stereocenters. The van der Waals surface area contributed by atoms with Gasteiger partial charge in [0.15, 0.2) is 0 Å². The predicted octanol–water partition coefficient (Wildman–Crippen LogP) is 4.75. The molecule has 0 heterocycles. The smallest absolute Gasteiger partial charge is 0.264 e. The van der Waals surface area contributed by atoms with Gasteiger partial charge in [-0.3, -0.25) is 9.10 Å². The van der Waals surface area contributed by atoms with Gasteiger partial charge in [-0.2, -0.15) is 0 Å². The zero-order valence-corrected chi connectivity index (χ0v) is 18.6. The predicted molar refractivity (Wildman–Crippen MR) is 120 cm³/mol. The van der Waals surface area contributed by atoms with E-state index in [1.807, 2.05) is 31.2 Å². The molecular weight excluding hydrogens is 420 g/mol. The van der Waals surface area contributed by atoms with Gasteiger partial charge in [-0.25, -0.2) is 8.42 Å². The van der Waals surface area contributed by atoms with Crippen LogP contribution in [0.1, 0.15) is 21.5 Å². The Morgan fingerprint density at radius 3 is 2.20 bits per heavy atom. The topological polar surface area (TPSA) is 57.7 Å². The van der Waals surface area contributed by atoms with Crippen molar-refractivity contribution in [2.45, 2.75) is 18.4 Å². The second kappa shape index (κ2) is 8.90. The Hall–Kier alpha value is -2.83. The van der Waals surface area contributed by atoms with E-state index in [0.717, 1.165) is 11.1 Å². The molecule has 0 aliphatic heterocycles. The standard InChI is InChI=1S/C23H23ClN2O3S/c1-17-7-13-21(14-8-17)26(3)30(28,29)22-6-4-5-19(15-22)23(27)25(2)16-18-9-11-20(24)12-10-18/h4-15H,16H2,1-3H3. The summed E-state index contributed by atoms with van der Waals surface area (Å²) in [5, 5.41) is 0.628. The Bertz CT molecular complexity index is 1140. The van der Waals surface area contributed by atoms with Crippen molar-refractivity contribution in [3.63, 3.8) is 0 Å². The van der Waals surface area contributed by atoms with Crippen molar-refractivity contribution in [2.24, 2.45) is 0 Å². The van der Waals surface area contributed by atoms with Crippen LogP contribution in [-0.2, 0) is 16.6 Å². The maximum absolute atomic E-state index is 13.1. The minimum absolute atomic E-state index is 0.0660. The van der Waals surface area contributed by atoms with Crippen LogP contribution in [0.3, 0.4) is 0 Å². The molecule has 5 nitrogen and oxygen atoms in total. The van der Waals surface area contributed by atoms with Crippen LogP contribution < -0.4 is 4.31 Å². The number of benzene rings is 3. The van der Waals surface area contributed by atoms with E-state index in [1.54, 1.807) is 48.3 Å². The first-order chi connectivity index (χ1) is 14.2. The van der Waals surface area contributed by atoms with Crippen LogP contribution in [0.25, 0.3) is 0 Å². The second-order valence-electron chi connectivity index (χ2n) is 7.12. The van der Waals surface area contributed by atoms with Crippen molar-refractivity contribution in [3.8, 4) is 0 Å². The molecule has 0 aliphatic rings. The van der Waals surface area contributed by atoms with Gasteiger partial charge >= 0.3 is 0 Å². The Morgan fingerprint density at radius 2 is 1.57 bits per heavy atom. The third-order valence-corrected chi connectivity index (χ3v) is 6.85. The van der Waals surface area contributed by atoms with Crippen molar-refractivity contribution >= 4 is 33.2 Å². The highest BCUT2D eigenvalue weighted by Gasteiger charge is 2.23. The van der Waals surface area contributed by atoms with Gasteiger partial charge in [0.05, 0.1) is 10.6 Å². The molecule has 3 aromatic carbocycles. The molecule has 0 aliphatic carbocycles. The Morgan fingerprint density at radius 1 is 0.933 bits per heavy atom. The van der Waals surface area contributed by atoms with Crippen molar-refractivity contribution < 1.29 is 13.2 Å². The largest absolute Gasteiger partial charge is 0.337 e. The Balaban J connectivity index is 1.82. The minimum atomic E-state index is -3.80. The third-order valence-electron chi connectivity index (χ3n) is 4.82. The van der Waals surface area contributed by atoms with Gasteiger partial charge in [-0.15, -0.1) is 0 Å². The van der Waals surface area contributed by atoms with Crippen LogP contribution in [0.5, 0.6) is 0 Å². The molecule has 0 bridgehead atoms. The number of nitrogens with zero attached hydrogens (tertiary/aromatic N) is 2. The summed E-state index contributed by atoms with van der Waals surface area (Å²) < 4.78 is 27.4. The van der Waals surface area contributed by atoms with Crippen molar-refractivity contribution in [1.29, 1.82) is 0 Å². The van der Waals surface area contributed by atoms with Crippen LogP contribution >= 0.6 is 11.6 Å². The summed E-state index contributed by atoms with van der Waals surface area (Å²) >= 11 is 5.90. The lowest BCUT2D eigenvalue weighted by atomic mass is 10.1. The van der Waals surface area contributed by atoms with Crippen LogP contribution in [0.15, 0.2) is 77.7 Å². The van der Waals surface area contributed by atoms with Gasteiger partial charge in [0.1, 0.15) is 0 Å². The first-order valence-corrected chi connectivity index (χ1v) is 11.2. The summed E-state index contributed by atoms with van der Waals surface area (Å²) in [5.74, 6) is -0.264. The van der Waals surface area contributed by atoms with Crippen LogP contribution in [0.2, 0.25) is 5.02 Å². The fourth-order valence-electron chi connectivity index (χ4n) is 3.00.